The molecule has 0 bridgehead atoms. The van der Waals surface area contributed by atoms with Gasteiger partial charge in [0.1, 0.15) is 6.04 Å². The van der Waals surface area contributed by atoms with Gasteiger partial charge in [0.25, 0.3) is 0 Å². The number of halogens is 2. The number of carboxylic acid groups (broad SMARTS) is 1. The Morgan fingerprint density at radius 3 is 2.58 bits per heavy atom. The molecule has 0 aromatic heterocycles. The van der Waals surface area contributed by atoms with Crippen LogP contribution in [-0.4, -0.2) is 23.0 Å². The lowest BCUT2D eigenvalue weighted by molar-refractivity contribution is -0.137. The Kier molecular flexibility index (Phi) is 5.06. The largest absolute Gasteiger partial charge is 0.480 e. The quantitative estimate of drug-likeness (QED) is 0.469. The second-order valence-electron chi connectivity index (χ2n) is 5.83. The van der Waals surface area contributed by atoms with Gasteiger partial charge in [-0.2, -0.15) is 0 Å². The molecule has 1 atom stereocenters. The second kappa shape index (κ2) is 7.27. The molecule has 1 aliphatic rings. The summed E-state index contributed by atoms with van der Waals surface area (Å²) in [6, 6.07) is 8.95. The van der Waals surface area contributed by atoms with Gasteiger partial charge in [-0.1, -0.05) is 23.2 Å². The van der Waals surface area contributed by atoms with Crippen LogP contribution in [0.5, 0.6) is 0 Å². The lowest BCUT2D eigenvalue weighted by atomic mass is 9.92. The first-order valence-corrected chi connectivity index (χ1v) is 8.45. The molecule has 0 saturated carbocycles. The van der Waals surface area contributed by atoms with Crippen LogP contribution in [0.15, 0.2) is 42.5 Å². The molecule has 0 spiro atoms. The molecule has 2 aromatic carbocycles. The maximum Gasteiger partial charge on any atom is 0.326 e. The molecule has 0 fully saturated rings. The summed E-state index contributed by atoms with van der Waals surface area (Å²) in [6.07, 6.45) is 1.46. The first kappa shape index (κ1) is 18.1. The number of fused-ring (bicyclic) bond motifs is 1. The van der Waals surface area contributed by atoms with E-state index in [-0.39, 0.29) is 6.42 Å². The molecule has 6 nitrogen and oxygen atoms in total. The average Bonchev–Trinajstić information content (AvgIpc) is 2.55. The van der Waals surface area contributed by atoms with Crippen molar-refractivity contribution in [1.29, 1.82) is 0 Å². The van der Waals surface area contributed by atoms with Gasteiger partial charge >= 0.3 is 5.97 Å². The number of aliphatic carboxylic acids is 1. The number of hydrogen-bond acceptors (Lipinski definition) is 4. The van der Waals surface area contributed by atoms with Crippen LogP contribution in [0.25, 0.3) is 5.57 Å². The van der Waals surface area contributed by atoms with Crippen molar-refractivity contribution in [2.45, 2.75) is 12.5 Å². The highest BCUT2D eigenvalue weighted by Gasteiger charge is 2.29. The third-order valence-electron chi connectivity index (χ3n) is 3.91. The molecule has 3 rings (SSSR count). The number of hydrogen-bond donors (Lipinski definition) is 4. The zero-order valence-corrected chi connectivity index (χ0v) is 14.9. The van der Waals surface area contributed by atoms with Crippen LogP contribution in [0.4, 0.5) is 17.1 Å². The van der Waals surface area contributed by atoms with E-state index in [1.54, 1.807) is 36.4 Å². The van der Waals surface area contributed by atoms with E-state index in [2.05, 4.69) is 10.6 Å². The van der Waals surface area contributed by atoms with Crippen LogP contribution >= 0.6 is 23.2 Å². The second-order valence-corrected chi connectivity index (χ2v) is 6.67. The fourth-order valence-corrected chi connectivity index (χ4v) is 3.37. The van der Waals surface area contributed by atoms with Crippen molar-refractivity contribution in [3.63, 3.8) is 0 Å². The molecular formula is C18H15Cl2N3O3. The maximum atomic E-state index is 12.4. The van der Waals surface area contributed by atoms with Crippen molar-refractivity contribution in [3.8, 4) is 0 Å². The Morgan fingerprint density at radius 1 is 1.23 bits per heavy atom. The molecule has 1 unspecified atom stereocenters. The smallest absolute Gasteiger partial charge is 0.326 e. The molecule has 5 N–H and O–H groups in total. The van der Waals surface area contributed by atoms with E-state index in [1.807, 2.05) is 0 Å². The summed E-state index contributed by atoms with van der Waals surface area (Å²) in [6.45, 7) is 0. The van der Waals surface area contributed by atoms with Crippen molar-refractivity contribution >= 4 is 57.7 Å². The van der Waals surface area contributed by atoms with Crippen molar-refractivity contribution in [2.24, 2.45) is 0 Å². The molecule has 0 saturated heterocycles. The van der Waals surface area contributed by atoms with E-state index in [1.165, 1.54) is 6.08 Å². The Hall–Kier alpha value is -2.70. The van der Waals surface area contributed by atoms with Gasteiger partial charge in [0, 0.05) is 40.1 Å². The van der Waals surface area contributed by atoms with Gasteiger partial charge < -0.3 is 21.5 Å². The highest BCUT2D eigenvalue weighted by Crippen LogP contribution is 2.40. The molecule has 1 heterocycles. The minimum atomic E-state index is -1.03. The number of amides is 1. The Morgan fingerprint density at radius 2 is 1.92 bits per heavy atom. The van der Waals surface area contributed by atoms with Gasteiger partial charge in [0.2, 0.25) is 5.91 Å². The standard InChI is InChI=1S/C18H15Cl2N3O3/c19-10-7-13(20)17-9(5-15(18(25)26)23-14(17)8-10)6-16(24)22-12-3-1-11(21)2-4-12/h1-4,6-8,15,23H,5,21H2,(H,22,24)(H,25,26). The Labute approximate surface area is 159 Å². The van der Waals surface area contributed by atoms with E-state index < -0.39 is 17.9 Å². The SMILES string of the molecule is Nc1ccc(NC(=O)C=C2CC(C(=O)O)Nc3cc(Cl)cc(Cl)c32)cc1. The van der Waals surface area contributed by atoms with Crippen LogP contribution in [0.2, 0.25) is 10.0 Å². The third-order valence-corrected chi connectivity index (χ3v) is 4.43. The molecule has 134 valence electrons. The maximum absolute atomic E-state index is 12.4. The number of nitrogens with one attached hydrogen (secondary N) is 2. The first-order valence-electron chi connectivity index (χ1n) is 7.69. The number of rotatable bonds is 3. The number of anilines is 3. The van der Waals surface area contributed by atoms with E-state index in [0.29, 0.717) is 38.2 Å². The highest BCUT2D eigenvalue weighted by molar-refractivity contribution is 6.36. The van der Waals surface area contributed by atoms with Gasteiger partial charge in [-0.15, -0.1) is 0 Å². The minimum absolute atomic E-state index is 0.110. The van der Waals surface area contributed by atoms with Crippen LogP contribution in [0, 0.1) is 0 Å². The average molecular weight is 392 g/mol. The van der Waals surface area contributed by atoms with E-state index >= 15 is 0 Å². The molecular weight excluding hydrogens is 377 g/mol. The summed E-state index contributed by atoms with van der Waals surface area (Å²) >= 11 is 12.3. The van der Waals surface area contributed by atoms with Crippen molar-refractivity contribution in [1.82, 2.24) is 0 Å². The normalized spacial score (nSPS) is 17.3. The Bertz CT molecular complexity index is 911. The van der Waals surface area contributed by atoms with Gasteiger partial charge in [-0.25, -0.2) is 4.79 Å². The number of carbonyl (C=O) groups excluding carboxylic acids is 1. The molecule has 26 heavy (non-hydrogen) atoms. The van der Waals surface area contributed by atoms with Crippen LogP contribution in [-0.2, 0) is 9.59 Å². The topological polar surface area (TPSA) is 104 Å². The number of nitrogens with two attached hydrogens (primary N) is 1. The predicted molar refractivity (Wildman–Crippen MR) is 104 cm³/mol. The number of carbonyl (C=O) groups is 2. The molecule has 8 heteroatoms. The zero-order valence-electron chi connectivity index (χ0n) is 13.4. The van der Waals surface area contributed by atoms with E-state index in [0.717, 1.165) is 0 Å². The van der Waals surface area contributed by atoms with Crippen LogP contribution in [0.1, 0.15) is 12.0 Å². The zero-order chi connectivity index (χ0) is 18.8. The summed E-state index contributed by atoms with van der Waals surface area (Å²) in [5, 5.41) is 15.7. The summed E-state index contributed by atoms with van der Waals surface area (Å²) in [5.41, 5.74) is 8.35. The third kappa shape index (κ3) is 3.92. The molecule has 1 aliphatic heterocycles. The number of benzene rings is 2. The highest BCUT2D eigenvalue weighted by atomic mass is 35.5. The fraction of sp³-hybridized carbons (Fsp3) is 0.111. The van der Waals surface area contributed by atoms with E-state index in [9.17, 15) is 14.7 Å². The van der Waals surface area contributed by atoms with Crippen molar-refractivity contribution in [2.75, 3.05) is 16.4 Å². The number of nitrogen functional groups attached to an aromatic ring is 1. The first-order chi connectivity index (χ1) is 12.3. The summed E-state index contributed by atoms with van der Waals surface area (Å²) in [5.74, 6) is -1.43. The van der Waals surface area contributed by atoms with Crippen molar-refractivity contribution in [3.05, 3.63) is 58.1 Å². The van der Waals surface area contributed by atoms with Crippen LogP contribution in [0.3, 0.4) is 0 Å². The lowest BCUT2D eigenvalue weighted by Gasteiger charge is -2.27. The molecule has 0 radical (unpaired) electrons. The summed E-state index contributed by atoms with van der Waals surface area (Å²) in [4.78, 5) is 23.8. The molecule has 2 aromatic rings. The van der Waals surface area contributed by atoms with Crippen LogP contribution < -0.4 is 16.4 Å². The predicted octanol–water partition coefficient (Wildman–Crippen LogP) is 3.87. The fourth-order valence-electron chi connectivity index (χ4n) is 2.76. The van der Waals surface area contributed by atoms with Gasteiger partial charge in [-0.3, -0.25) is 4.79 Å². The summed E-state index contributed by atoms with van der Waals surface area (Å²) in [7, 11) is 0. The number of carboxylic acids is 1. The molecule has 0 aliphatic carbocycles. The molecule has 1 amide bonds. The lowest BCUT2D eigenvalue weighted by Crippen LogP contribution is -2.33. The van der Waals surface area contributed by atoms with Gasteiger partial charge in [0.05, 0.1) is 5.02 Å². The summed E-state index contributed by atoms with van der Waals surface area (Å²) < 4.78 is 0. The Balaban J connectivity index is 1.94. The van der Waals surface area contributed by atoms with Gasteiger partial charge in [-0.05, 0) is 42.0 Å². The van der Waals surface area contributed by atoms with Crippen molar-refractivity contribution < 1.29 is 14.7 Å². The monoisotopic (exact) mass is 391 g/mol. The minimum Gasteiger partial charge on any atom is -0.480 e. The van der Waals surface area contributed by atoms with E-state index in [4.69, 9.17) is 28.9 Å². The van der Waals surface area contributed by atoms with Gasteiger partial charge in [0.15, 0.2) is 0 Å².